The van der Waals surface area contributed by atoms with Crippen molar-refractivity contribution in [1.82, 2.24) is 85.1 Å². The average Bonchev–Trinajstić information content (AvgIpc) is 0.843. The van der Waals surface area contributed by atoms with Crippen LogP contribution in [0.25, 0.3) is 0 Å². The first-order valence-corrected chi connectivity index (χ1v) is 40.1. The highest BCUT2D eigenvalue weighted by atomic mass is 16.2. The van der Waals surface area contributed by atoms with Crippen LogP contribution in [0, 0.1) is 32.5 Å². The number of benzene rings is 5. The molecule has 0 aromatic heterocycles. The van der Waals surface area contributed by atoms with Gasteiger partial charge in [-0.2, -0.15) is 0 Å². The lowest BCUT2D eigenvalue weighted by molar-refractivity contribution is -0.136. The molecule has 0 aliphatic rings. The third-order valence-corrected chi connectivity index (χ3v) is 19.0. The van der Waals surface area contributed by atoms with E-state index in [4.69, 9.17) is 78.3 Å². The van der Waals surface area contributed by atoms with Crippen LogP contribution in [0.2, 0.25) is 0 Å². The number of rotatable bonds is 55. The molecule has 660 valence electrons. The van der Waals surface area contributed by atoms with Crippen molar-refractivity contribution in [3.05, 3.63) is 179 Å². The molecule has 0 saturated heterocycles. The van der Waals surface area contributed by atoms with Gasteiger partial charge in [0.25, 0.3) is 0 Å². The van der Waals surface area contributed by atoms with Gasteiger partial charge in [0, 0.05) is 71.4 Å². The van der Waals surface area contributed by atoms with Crippen LogP contribution >= 0.6 is 0 Å². The Labute approximate surface area is 708 Å². The van der Waals surface area contributed by atoms with Gasteiger partial charge in [-0.05, 0) is 105 Å². The maximum atomic E-state index is 15.5. The first kappa shape index (κ1) is 98.4. The third kappa shape index (κ3) is 39.4. The average molecular weight is 1690 g/mol. The quantitative estimate of drug-likeness (QED) is 0.00990. The molecule has 0 saturated carbocycles. The van der Waals surface area contributed by atoms with Crippen LogP contribution in [-0.2, 0) is 84.8 Å². The summed E-state index contributed by atoms with van der Waals surface area (Å²) in [5.41, 5.74) is 47.9. The van der Waals surface area contributed by atoms with E-state index >= 15 is 28.8 Å². The van der Waals surface area contributed by atoms with E-state index in [1.807, 2.05) is 0 Å². The summed E-state index contributed by atoms with van der Waals surface area (Å²) >= 11 is 0. The summed E-state index contributed by atoms with van der Waals surface area (Å²) in [4.78, 5) is 162. The predicted octanol–water partition coefficient (Wildman–Crippen LogP) is -4.56. The molecule has 11 amide bonds. The molecule has 11 atom stereocenters. The number of hydrogen-bond donors (Lipinski definition) is 30. The summed E-state index contributed by atoms with van der Waals surface area (Å²) in [6, 6.07) is 27.0. The van der Waals surface area contributed by atoms with Crippen molar-refractivity contribution < 1.29 is 52.7 Å². The molecule has 38 N–H and O–H groups in total. The van der Waals surface area contributed by atoms with Gasteiger partial charge in [-0.3, -0.25) is 85.2 Å². The van der Waals surface area contributed by atoms with Gasteiger partial charge in [0.05, 0.1) is 6.04 Å². The Bertz CT molecular complexity index is 4250. The number of hydrogen-bond acceptors (Lipinski definition) is 18. The van der Waals surface area contributed by atoms with E-state index in [1.54, 1.807) is 152 Å². The Morgan fingerprint density at radius 1 is 0.221 bits per heavy atom. The molecule has 5 aromatic rings. The molecule has 5 aromatic carbocycles. The first-order chi connectivity index (χ1) is 58.3. The molecule has 0 heterocycles. The molecule has 0 spiro atoms. The number of carbonyl (C=O) groups excluding carboxylic acids is 11. The van der Waals surface area contributed by atoms with Crippen molar-refractivity contribution in [2.45, 2.75) is 176 Å². The van der Waals surface area contributed by atoms with Gasteiger partial charge in [0.2, 0.25) is 65.0 Å². The first-order valence-electron chi connectivity index (χ1n) is 40.1. The summed E-state index contributed by atoms with van der Waals surface area (Å²) in [5, 5.41) is 89.4. The molecular weight excluding hydrogens is 1570 g/mol. The smallest absolute Gasteiger partial charge is 0.243 e. The summed E-state index contributed by atoms with van der Waals surface area (Å²) < 4.78 is 0. The van der Waals surface area contributed by atoms with E-state index in [-0.39, 0.29) is 172 Å². The Kier molecular flexibility index (Phi) is 43.6. The van der Waals surface area contributed by atoms with Crippen LogP contribution < -0.4 is 131 Å². The highest BCUT2D eigenvalue weighted by Crippen LogP contribution is 2.15. The summed E-state index contributed by atoms with van der Waals surface area (Å²) in [6.07, 6.45) is -0.222. The zero-order chi connectivity index (χ0) is 89.3. The molecule has 0 radical (unpaired) electrons. The van der Waals surface area contributed by atoms with Crippen molar-refractivity contribution >= 4 is 101 Å². The Hall–Kier alpha value is -14.1. The minimum absolute atomic E-state index is 0.0133. The largest absolute Gasteiger partial charge is 0.370 e. The van der Waals surface area contributed by atoms with Gasteiger partial charge >= 0.3 is 0 Å². The number of primary amides is 1. The van der Waals surface area contributed by atoms with Gasteiger partial charge in [-0.1, -0.05) is 152 Å². The molecule has 0 aliphatic carbocycles. The maximum absolute atomic E-state index is 15.5. The molecule has 122 heavy (non-hydrogen) atoms. The Balaban J connectivity index is 1.52. The van der Waals surface area contributed by atoms with Crippen LogP contribution in [0.5, 0.6) is 0 Å². The predicted molar refractivity (Wildman–Crippen MR) is 462 cm³/mol. The van der Waals surface area contributed by atoms with Crippen molar-refractivity contribution in [2.75, 3.05) is 39.3 Å². The standard InChI is InChI=1S/C81H120N30O11/c82-54(32-16-38-96-76(84)85)66(113)103-56(34-18-40-98-78(88)89)68(115)107-60(44-49-22-6-1-7-23-49)72(119)105-59(37-21-43-101-81(94)95)70(117)109-63(47-52-28-12-4-13-29-52)74(121)111-64(48-53-30-14-5-15-31-53)75(122)110-62(46-51-26-10-3-11-27-51)73(120)106-58(36-20-42-100-80(92)93)69(116)108-61(45-50-24-8-2-9-25-50)71(118)104-57(35-19-41-99-79(90)91)67(114)102-55(65(83)112)33-17-39-97-77(86)87/h1-15,22-31,54-64H,16-21,32-48,82H2,(H2,83,112)(H,102,114)(H,103,113)(H,104,118)(H,105,119)(H,106,120)(H,107,115)(H,108,116)(H,109,117)(H,110,122)(H,111,121)(H4,84,85,96)(H4,86,87,97)(H4,88,89,98)(H4,90,91,99)(H4,92,93,100)(H4,94,95,101)/t54-,55-,56-,57-,58-,59-,60-,61-,62-,63-,64-/m0/s1. The third-order valence-electron chi connectivity index (χ3n) is 19.0. The molecular formula is C81H120N30O11. The lowest BCUT2D eigenvalue weighted by atomic mass is 10.00. The Morgan fingerprint density at radius 2 is 0.377 bits per heavy atom. The number of carbonyl (C=O) groups is 11. The van der Waals surface area contributed by atoms with Crippen LogP contribution in [0.4, 0.5) is 0 Å². The second kappa shape index (κ2) is 54.0. The molecule has 41 heteroatoms. The molecule has 0 aliphatic heterocycles. The topological polar surface area (TPSA) is 732 Å². The summed E-state index contributed by atoms with van der Waals surface area (Å²) in [7, 11) is 0. The van der Waals surface area contributed by atoms with Gasteiger partial charge in [0.15, 0.2) is 35.8 Å². The number of amides is 11. The van der Waals surface area contributed by atoms with Gasteiger partial charge in [0.1, 0.15) is 60.4 Å². The van der Waals surface area contributed by atoms with Crippen LogP contribution in [0.15, 0.2) is 152 Å². The molecule has 5 rings (SSSR count). The van der Waals surface area contributed by atoms with Crippen molar-refractivity contribution in [1.29, 1.82) is 32.5 Å². The second-order valence-electron chi connectivity index (χ2n) is 29.0. The van der Waals surface area contributed by atoms with E-state index in [1.165, 1.54) is 0 Å². The van der Waals surface area contributed by atoms with Gasteiger partial charge in [-0.15, -0.1) is 0 Å². The molecule has 0 unspecified atom stereocenters. The second-order valence-corrected chi connectivity index (χ2v) is 29.0. The number of nitrogens with two attached hydrogens (primary N) is 8. The zero-order valence-electron chi connectivity index (χ0n) is 68.2. The lowest BCUT2D eigenvalue weighted by Crippen LogP contribution is -2.61. The summed E-state index contributed by atoms with van der Waals surface area (Å²) in [6.45, 7) is 0.659. The van der Waals surface area contributed by atoms with Crippen LogP contribution in [0.3, 0.4) is 0 Å². The van der Waals surface area contributed by atoms with E-state index in [9.17, 15) is 24.0 Å². The van der Waals surface area contributed by atoms with E-state index < -0.39 is 137 Å². The fourth-order valence-electron chi connectivity index (χ4n) is 12.7. The summed E-state index contributed by atoms with van der Waals surface area (Å²) in [5.74, 6) is -11.7. The monoisotopic (exact) mass is 1690 g/mol. The van der Waals surface area contributed by atoms with Crippen LogP contribution in [-0.4, -0.2) is 206 Å². The lowest BCUT2D eigenvalue weighted by Gasteiger charge is -2.29. The fourth-order valence-corrected chi connectivity index (χ4v) is 12.7. The molecule has 0 fully saturated rings. The highest BCUT2D eigenvalue weighted by Gasteiger charge is 2.37. The molecule has 41 nitrogen and oxygen atoms in total. The molecule has 0 bridgehead atoms. The minimum Gasteiger partial charge on any atom is -0.370 e. The van der Waals surface area contributed by atoms with Crippen molar-refractivity contribution in [2.24, 2.45) is 45.9 Å². The van der Waals surface area contributed by atoms with E-state index in [2.05, 4.69) is 85.1 Å². The van der Waals surface area contributed by atoms with Gasteiger partial charge < -0.3 is 131 Å². The van der Waals surface area contributed by atoms with Crippen molar-refractivity contribution in [3.8, 4) is 0 Å². The number of nitrogens with one attached hydrogen (secondary N) is 22. The van der Waals surface area contributed by atoms with Crippen LogP contribution in [0.1, 0.15) is 105 Å². The fraction of sp³-hybridized carbons (Fsp3) is 0.420. The Morgan fingerprint density at radius 3 is 0.566 bits per heavy atom. The van der Waals surface area contributed by atoms with Gasteiger partial charge in [-0.25, -0.2) is 0 Å². The maximum Gasteiger partial charge on any atom is 0.243 e. The SMILES string of the molecule is N=C(N)NCCC[C@H](NC(=O)[C@H](CCCNC(=N)N)NC(=O)[C@H](Cc1ccccc1)NC(=O)[C@H](CCCNC(=N)N)NC(=O)[C@H](Cc1ccccc1)NC(=O)[C@H](Cc1ccccc1)NC(=O)[C@H](Cc1ccccc1)NC(=O)[C@H](CCCNC(=N)N)NC(=O)[C@H](Cc1ccccc1)NC(=O)[C@H](CCCNC(=N)N)NC(=O)[C@@H](N)CCCNC(=N)N)C(N)=O. The normalized spacial score (nSPS) is 13.5. The highest BCUT2D eigenvalue weighted by molar-refractivity contribution is 6.00. The number of guanidine groups is 6. The zero-order valence-corrected chi connectivity index (χ0v) is 68.2. The van der Waals surface area contributed by atoms with E-state index in [0.29, 0.717) is 34.2 Å². The van der Waals surface area contributed by atoms with E-state index in [0.717, 1.165) is 0 Å². The van der Waals surface area contributed by atoms with Crippen molar-refractivity contribution in [3.63, 3.8) is 0 Å². The minimum atomic E-state index is -1.55.